The first-order valence-corrected chi connectivity index (χ1v) is 8.09. The summed E-state index contributed by atoms with van der Waals surface area (Å²) < 4.78 is 13.9. The van der Waals surface area contributed by atoms with E-state index in [9.17, 15) is 9.18 Å². The Balaban J connectivity index is 2.34. The Morgan fingerprint density at radius 3 is 2.55 bits per heavy atom. The van der Waals surface area contributed by atoms with Crippen LogP contribution in [-0.2, 0) is 4.79 Å². The van der Waals surface area contributed by atoms with E-state index in [0.29, 0.717) is 16.6 Å². The van der Waals surface area contributed by atoms with Gasteiger partial charge in [0.2, 0.25) is 5.91 Å². The Morgan fingerprint density at radius 2 is 1.85 bits per heavy atom. The van der Waals surface area contributed by atoms with E-state index in [0.717, 1.165) is 18.4 Å². The van der Waals surface area contributed by atoms with Gasteiger partial charge in [0.25, 0.3) is 0 Å². The minimum Gasteiger partial charge on any atom is -0.326 e. The first-order chi connectivity index (χ1) is 9.54. The van der Waals surface area contributed by atoms with Crippen molar-refractivity contribution in [3.8, 4) is 0 Å². The summed E-state index contributed by atoms with van der Waals surface area (Å²) >= 11 is 3.13. The molecule has 0 saturated heterocycles. The summed E-state index contributed by atoms with van der Waals surface area (Å²) in [6, 6.07) is 3.04. The maximum Gasteiger partial charge on any atom is 0.224 e. The number of unbranched alkanes of at least 4 members (excludes halogenated alkanes) is 5. The number of hydrogen-bond acceptors (Lipinski definition) is 1. The van der Waals surface area contributed by atoms with Crippen LogP contribution < -0.4 is 5.32 Å². The van der Waals surface area contributed by atoms with Crippen LogP contribution in [0.2, 0.25) is 0 Å². The topological polar surface area (TPSA) is 29.1 Å². The standard InChI is InChI=1S/C16H23BrFNO/c1-3-4-5-6-7-8-9-16(20)19-15-11-14(18)13(17)10-12(15)2/h10-11H,3-9H2,1-2H3,(H,19,20). The van der Waals surface area contributed by atoms with Crippen molar-refractivity contribution in [2.45, 2.75) is 58.8 Å². The number of nitrogens with one attached hydrogen (secondary N) is 1. The van der Waals surface area contributed by atoms with Crippen molar-refractivity contribution in [2.24, 2.45) is 0 Å². The van der Waals surface area contributed by atoms with Crippen molar-refractivity contribution in [2.75, 3.05) is 5.32 Å². The largest absolute Gasteiger partial charge is 0.326 e. The van der Waals surface area contributed by atoms with Gasteiger partial charge in [0.1, 0.15) is 5.82 Å². The Hall–Kier alpha value is -0.900. The molecule has 0 aromatic heterocycles. The highest BCUT2D eigenvalue weighted by Gasteiger charge is 2.08. The summed E-state index contributed by atoms with van der Waals surface area (Å²) in [4.78, 5) is 11.8. The van der Waals surface area contributed by atoms with E-state index in [1.54, 1.807) is 6.07 Å². The number of benzene rings is 1. The van der Waals surface area contributed by atoms with E-state index in [2.05, 4.69) is 28.2 Å². The summed E-state index contributed by atoms with van der Waals surface area (Å²) in [5.41, 5.74) is 1.41. The van der Waals surface area contributed by atoms with E-state index >= 15 is 0 Å². The minimum atomic E-state index is -0.356. The Kier molecular flexibility index (Phi) is 7.82. The van der Waals surface area contributed by atoms with Crippen molar-refractivity contribution in [1.82, 2.24) is 0 Å². The molecule has 4 heteroatoms. The molecule has 1 rings (SSSR count). The number of carbonyl (C=O) groups excluding carboxylic acids is 1. The first-order valence-electron chi connectivity index (χ1n) is 7.30. The summed E-state index contributed by atoms with van der Waals surface area (Å²) in [5, 5.41) is 2.78. The molecule has 0 heterocycles. The Bertz CT molecular complexity index is 448. The number of carbonyl (C=O) groups is 1. The fourth-order valence-corrected chi connectivity index (χ4v) is 2.52. The van der Waals surface area contributed by atoms with E-state index in [1.807, 2.05) is 6.92 Å². The van der Waals surface area contributed by atoms with Gasteiger partial charge in [-0.15, -0.1) is 0 Å². The lowest BCUT2D eigenvalue weighted by atomic mass is 10.1. The van der Waals surface area contributed by atoms with Crippen LogP contribution in [0.5, 0.6) is 0 Å². The maximum atomic E-state index is 13.4. The highest BCUT2D eigenvalue weighted by molar-refractivity contribution is 9.10. The SMILES string of the molecule is CCCCCCCCC(=O)Nc1cc(F)c(Br)cc1C. The van der Waals surface area contributed by atoms with E-state index in [-0.39, 0.29) is 11.7 Å². The van der Waals surface area contributed by atoms with Gasteiger partial charge in [0, 0.05) is 12.1 Å². The second kappa shape index (κ2) is 9.11. The average molecular weight is 344 g/mol. The second-order valence-corrected chi connectivity index (χ2v) is 6.00. The number of amides is 1. The van der Waals surface area contributed by atoms with Gasteiger partial charge in [0.05, 0.1) is 4.47 Å². The molecule has 1 amide bonds. The van der Waals surface area contributed by atoms with Crippen LogP contribution >= 0.6 is 15.9 Å². The van der Waals surface area contributed by atoms with Crippen LogP contribution in [0.15, 0.2) is 16.6 Å². The van der Waals surface area contributed by atoms with Crippen LogP contribution in [0.3, 0.4) is 0 Å². The highest BCUT2D eigenvalue weighted by Crippen LogP contribution is 2.24. The lowest BCUT2D eigenvalue weighted by Crippen LogP contribution is -2.12. The van der Waals surface area contributed by atoms with Crippen LogP contribution in [0.25, 0.3) is 0 Å². The molecule has 0 bridgehead atoms. The number of anilines is 1. The Morgan fingerprint density at radius 1 is 1.20 bits per heavy atom. The zero-order valence-electron chi connectivity index (χ0n) is 12.3. The molecular formula is C16H23BrFNO. The van der Waals surface area contributed by atoms with Gasteiger partial charge in [-0.3, -0.25) is 4.79 Å². The summed E-state index contributed by atoms with van der Waals surface area (Å²) in [6.07, 6.45) is 7.42. The van der Waals surface area contributed by atoms with Gasteiger partial charge in [-0.1, -0.05) is 39.0 Å². The van der Waals surface area contributed by atoms with Crippen LogP contribution in [0, 0.1) is 12.7 Å². The quantitative estimate of drug-likeness (QED) is 0.612. The third-order valence-corrected chi connectivity index (χ3v) is 3.91. The maximum absolute atomic E-state index is 13.4. The summed E-state index contributed by atoms with van der Waals surface area (Å²) in [7, 11) is 0. The van der Waals surface area contributed by atoms with Crippen molar-refractivity contribution in [3.05, 3.63) is 28.0 Å². The normalized spacial score (nSPS) is 10.6. The minimum absolute atomic E-state index is 0.0367. The van der Waals surface area contributed by atoms with Crippen molar-refractivity contribution in [3.63, 3.8) is 0 Å². The van der Waals surface area contributed by atoms with E-state index in [1.165, 1.54) is 31.7 Å². The van der Waals surface area contributed by atoms with Crippen molar-refractivity contribution < 1.29 is 9.18 Å². The second-order valence-electron chi connectivity index (χ2n) is 5.15. The molecule has 1 aromatic carbocycles. The molecule has 20 heavy (non-hydrogen) atoms. The predicted molar refractivity (Wildman–Crippen MR) is 85.5 cm³/mol. The summed E-state index contributed by atoms with van der Waals surface area (Å²) in [6.45, 7) is 4.04. The molecule has 112 valence electrons. The number of rotatable bonds is 8. The van der Waals surface area contributed by atoms with Gasteiger partial charge in [0.15, 0.2) is 0 Å². The lowest BCUT2D eigenvalue weighted by Gasteiger charge is -2.09. The number of hydrogen-bond donors (Lipinski definition) is 1. The van der Waals surface area contributed by atoms with Gasteiger partial charge < -0.3 is 5.32 Å². The average Bonchev–Trinajstić information content (AvgIpc) is 2.40. The molecule has 0 unspecified atom stereocenters. The van der Waals surface area contributed by atoms with Gasteiger partial charge >= 0.3 is 0 Å². The molecule has 1 aromatic rings. The Labute approximate surface area is 129 Å². The smallest absolute Gasteiger partial charge is 0.224 e. The fraction of sp³-hybridized carbons (Fsp3) is 0.562. The van der Waals surface area contributed by atoms with Gasteiger partial charge in [-0.05, 0) is 47.0 Å². The van der Waals surface area contributed by atoms with E-state index in [4.69, 9.17) is 0 Å². The highest BCUT2D eigenvalue weighted by atomic mass is 79.9. The third-order valence-electron chi connectivity index (χ3n) is 3.30. The third kappa shape index (κ3) is 6.04. The van der Waals surface area contributed by atoms with Crippen LogP contribution in [-0.4, -0.2) is 5.91 Å². The molecule has 0 aliphatic heterocycles. The van der Waals surface area contributed by atoms with E-state index < -0.39 is 0 Å². The molecule has 0 saturated carbocycles. The summed E-state index contributed by atoms with van der Waals surface area (Å²) in [5.74, 6) is -0.393. The first kappa shape index (κ1) is 17.2. The molecule has 0 spiro atoms. The fourth-order valence-electron chi connectivity index (χ4n) is 2.06. The lowest BCUT2D eigenvalue weighted by molar-refractivity contribution is -0.116. The molecule has 0 fully saturated rings. The molecule has 0 aliphatic rings. The number of aryl methyl sites for hydroxylation is 1. The number of halogens is 2. The molecule has 2 nitrogen and oxygen atoms in total. The van der Waals surface area contributed by atoms with Crippen molar-refractivity contribution >= 4 is 27.5 Å². The zero-order chi connectivity index (χ0) is 15.0. The van der Waals surface area contributed by atoms with Gasteiger partial charge in [-0.25, -0.2) is 4.39 Å². The molecule has 0 radical (unpaired) electrons. The molecule has 1 N–H and O–H groups in total. The molecule has 0 atom stereocenters. The predicted octanol–water partition coefficient (Wildman–Crippen LogP) is 5.59. The zero-order valence-corrected chi connectivity index (χ0v) is 13.9. The van der Waals surface area contributed by atoms with Crippen LogP contribution in [0.1, 0.15) is 57.4 Å². The van der Waals surface area contributed by atoms with Gasteiger partial charge in [-0.2, -0.15) is 0 Å². The van der Waals surface area contributed by atoms with Crippen LogP contribution in [0.4, 0.5) is 10.1 Å². The molecule has 0 aliphatic carbocycles. The monoisotopic (exact) mass is 343 g/mol. The molecular weight excluding hydrogens is 321 g/mol. The van der Waals surface area contributed by atoms with Crippen molar-refractivity contribution in [1.29, 1.82) is 0 Å².